The number of aromatic nitrogens is 2. The standard InChI is InChI=1S/C27H27N3O2/c1-14(2)21-7-18(10-28-21)16-8-23-26-24(9-16)32-13-20-6-17(5-19(12-31-23)25(20)26)22-11-29-27(30-22)15(3)4/h5-6,8-11,14-15H,7,12-13H2,1-4H3,(H,29,30). The molecule has 0 bridgehead atoms. The Kier molecular flexibility index (Phi) is 4.29. The summed E-state index contributed by atoms with van der Waals surface area (Å²) in [7, 11) is 0. The van der Waals surface area contributed by atoms with Gasteiger partial charge in [-0.15, -0.1) is 0 Å². The number of rotatable bonds is 4. The molecule has 0 unspecified atom stereocenters. The molecular weight excluding hydrogens is 398 g/mol. The van der Waals surface area contributed by atoms with Crippen molar-refractivity contribution in [3.63, 3.8) is 0 Å². The van der Waals surface area contributed by atoms with Crippen molar-refractivity contribution in [2.45, 2.75) is 53.2 Å². The van der Waals surface area contributed by atoms with Crippen LogP contribution in [0.15, 0.2) is 41.7 Å². The highest BCUT2D eigenvalue weighted by Gasteiger charge is 2.30. The van der Waals surface area contributed by atoms with Gasteiger partial charge in [-0.25, -0.2) is 4.98 Å². The van der Waals surface area contributed by atoms with Gasteiger partial charge in [0.2, 0.25) is 0 Å². The average Bonchev–Trinajstić information content (AvgIpc) is 3.47. The molecule has 6 rings (SSSR count). The second kappa shape index (κ2) is 7.09. The smallest absolute Gasteiger partial charge is 0.132 e. The molecule has 5 nitrogen and oxygen atoms in total. The molecule has 162 valence electrons. The lowest BCUT2D eigenvalue weighted by Crippen LogP contribution is -2.15. The predicted octanol–water partition coefficient (Wildman–Crippen LogP) is 6.49. The fourth-order valence-corrected chi connectivity index (χ4v) is 4.79. The fourth-order valence-electron chi connectivity index (χ4n) is 4.79. The van der Waals surface area contributed by atoms with Crippen molar-refractivity contribution in [3.05, 3.63) is 59.2 Å². The van der Waals surface area contributed by atoms with Gasteiger partial charge in [-0.05, 0) is 52.4 Å². The summed E-state index contributed by atoms with van der Waals surface area (Å²) in [5, 5.41) is 0. The van der Waals surface area contributed by atoms with Gasteiger partial charge < -0.3 is 14.5 Å². The van der Waals surface area contributed by atoms with Gasteiger partial charge in [-0.2, -0.15) is 0 Å². The molecule has 32 heavy (non-hydrogen) atoms. The Balaban J connectivity index is 1.40. The average molecular weight is 426 g/mol. The molecule has 1 N–H and O–H groups in total. The van der Waals surface area contributed by atoms with Crippen molar-refractivity contribution in [2.24, 2.45) is 10.9 Å². The maximum absolute atomic E-state index is 6.26. The Morgan fingerprint density at radius 2 is 1.53 bits per heavy atom. The molecule has 0 amide bonds. The van der Waals surface area contributed by atoms with Gasteiger partial charge in [-0.3, -0.25) is 4.99 Å². The van der Waals surface area contributed by atoms with Crippen molar-refractivity contribution < 1.29 is 9.47 Å². The molecule has 0 spiro atoms. The van der Waals surface area contributed by atoms with Crippen molar-refractivity contribution in [1.82, 2.24) is 9.97 Å². The van der Waals surface area contributed by atoms with Crippen LogP contribution in [0.25, 0.3) is 28.0 Å². The Bertz CT molecular complexity index is 1260. The van der Waals surface area contributed by atoms with E-state index in [1.807, 2.05) is 12.4 Å². The molecule has 0 saturated carbocycles. The number of hydrogen-bond acceptors (Lipinski definition) is 4. The molecule has 0 atom stereocenters. The first-order valence-electron chi connectivity index (χ1n) is 11.4. The molecule has 3 aliphatic heterocycles. The molecular formula is C27H27N3O2. The fraction of sp³-hybridized carbons (Fsp3) is 0.333. The van der Waals surface area contributed by atoms with Crippen molar-refractivity contribution in [3.8, 4) is 33.9 Å². The maximum Gasteiger partial charge on any atom is 0.132 e. The van der Waals surface area contributed by atoms with Gasteiger partial charge in [0.25, 0.3) is 0 Å². The molecule has 1 aromatic heterocycles. The second-order valence-corrected chi connectivity index (χ2v) is 9.54. The molecule has 3 aliphatic rings. The van der Waals surface area contributed by atoms with E-state index in [4.69, 9.17) is 9.47 Å². The van der Waals surface area contributed by atoms with Gasteiger partial charge in [0.15, 0.2) is 0 Å². The monoisotopic (exact) mass is 425 g/mol. The topological polar surface area (TPSA) is 59.5 Å². The number of H-pyrrole nitrogens is 1. The maximum atomic E-state index is 6.26. The van der Waals surface area contributed by atoms with Crippen LogP contribution in [0.3, 0.4) is 0 Å². The van der Waals surface area contributed by atoms with Crippen molar-refractivity contribution in [2.75, 3.05) is 0 Å². The largest absolute Gasteiger partial charge is 0.488 e. The molecule has 0 aliphatic carbocycles. The van der Waals surface area contributed by atoms with Gasteiger partial charge in [0.1, 0.15) is 30.5 Å². The first-order valence-corrected chi connectivity index (χ1v) is 11.4. The highest BCUT2D eigenvalue weighted by molar-refractivity contribution is 6.00. The van der Waals surface area contributed by atoms with Crippen LogP contribution in [0.4, 0.5) is 0 Å². The van der Waals surface area contributed by atoms with E-state index < -0.39 is 0 Å². The number of hydrogen-bond donors (Lipinski definition) is 1. The molecule has 5 heteroatoms. The summed E-state index contributed by atoms with van der Waals surface area (Å²) < 4.78 is 12.5. The molecule has 4 heterocycles. The number of aliphatic imine (C=N–C) groups is 1. The van der Waals surface area contributed by atoms with E-state index in [1.165, 1.54) is 28.0 Å². The lowest BCUT2D eigenvalue weighted by atomic mass is 9.86. The van der Waals surface area contributed by atoms with Crippen LogP contribution >= 0.6 is 0 Å². The third-order valence-corrected chi connectivity index (χ3v) is 6.63. The van der Waals surface area contributed by atoms with E-state index >= 15 is 0 Å². The minimum absolute atomic E-state index is 0.368. The number of nitrogens with zero attached hydrogens (tertiary/aromatic N) is 2. The zero-order valence-electron chi connectivity index (χ0n) is 19.0. The highest BCUT2D eigenvalue weighted by Crippen LogP contribution is 2.51. The first-order chi connectivity index (χ1) is 15.5. The Labute approximate surface area is 188 Å². The summed E-state index contributed by atoms with van der Waals surface area (Å²) in [6.07, 6.45) is 4.81. The van der Waals surface area contributed by atoms with Crippen molar-refractivity contribution >= 4 is 11.3 Å². The Hall–Kier alpha value is -3.34. The summed E-state index contributed by atoms with van der Waals surface area (Å²) in [5.74, 6) is 3.64. The molecule has 0 fully saturated rings. The minimum atomic E-state index is 0.368. The number of imidazole rings is 1. The zero-order chi connectivity index (χ0) is 22.0. The van der Waals surface area contributed by atoms with E-state index in [0.717, 1.165) is 46.1 Å². The quantitative estimate of drug-likeness (QED) is 0.519. The number of benzene rings is 2. The van der Waals surface area contributed by atoms with Crippen LogP contribution < -0.4 is 9.47 Å². The normalized spacial score (nSPS) is 15.9. The summed E-state index contributed by atoms with van der Waals surface area (Å²) >= 11 is 0. The van der Waals surface area contributed by atoms with Crippen molar-refractivity contribution in [1.29, 1.82) is 0 Å². The predicted molar refractivity (Wildman–Crippen MR) is 127 cm³/mol. The van der Waals surface area contributed by atoms with E-state index in [0.29, 0.717) is 25.0 Å². The summed E-state index contributed by atoms with van der Waals surface area (Å²) in [4.78, 5) is 12.6. The third kappa shape index (κ3) is 2.99. The lowest BCUT2D eigenvalue weighted by Gasteiger charge is -2.30. The van der Waals surface area contributed by atoms with Crippen LogP contribution in [0.5, 0.6) is 11.5 Å². The van der Waals surface area contributed by atoms with Gasteiger partial charge in [-0.1, -0.05) is 27.7 Å². The number of ether oxygens (including phenoxy) is 2. The minimum Gasteiger partial charge on any atom is -0.488 e. The van der Waals surface area contributed by atoms with E-state index in [2.05, 4.69) is 66.9 Å². The molecule has 0 saturated heterocycles. The van der Waals surface area contributed by atoms with Gasteiger partial charge >= 0.3 is 0 Å². The Morgan fingerprint density at radius 3 is 2.09 bits per heavy atom. The second-order valence-electron chi connectivity index (χ2n) is 9.54. The summed E-state index contributed by atoms with van der Waals surface area (Å²) in [6, 6.07) is 8.76. The number of nitrogens with one attached hydrogen (secondary N) is 1. The van der Waals surface area contributed by atoms with Gasteiger partial charge in [0.05, 0.1) is 17.5 Å². The summed E-state index contributed by atoms with van der Waals surface area (Å²) in [6.45, 7) is 9.79. The third-order valence-electron chi connectivity index (χ3n) is 6.63. The Morgan fingerprint density at radius 1 is 0.844 bits per heavy atom. The van der Waals surface area contributed by atoms with E-state index in [1.54, 1.807) is 0 Å². The van der Waals surface area contributed by atoms with E-state index in [9.17, 15) is 0 Å². The van der Waals surface area contributed by atoms with Crippen LogP contribution in [0.1, 0.15) is 62.5 Å². The van der Waals surface area contributed by atoms with E-state index in [-0.39, 0.29) is 0 Å². The zero-order valence-corrected chi connectivity index (χ0v) is 19.0. The van der Waals surface area contributed by atoms with Crippen LogP contribution in [-0.2, 0) is 13.2 Å². The van der Waals surface area contributed by atoms with Crippen LogP contribution in [0, 0.1) is 5.92 Å². The van der Waals surface area contributed by atoms with Crippen LogP contribution in [-0.4, -0.2) is 15.7 Å². The summed E-state index contributed by atoms with van der Waals surface area (Å²) in [5.41, 5.74) is 10.5. The van der Waals surface area contributed by atoms with Gasteiger partial charge in [0, 0.05) is 35.4 Å². The van der Waals surface area contributed by atoms with Crippen LogP contribution in [0.2, 0.25) is 0 Å². The highest BCUT2D eigenvalue weighted by atomic mass is 16.5. The lowest BCUT2D eigenvalue weighted by molar-refractivity contribution is 0.276. The molecule has 2 aromatic carbocycles. The molecule has 0 radical (unpaired) electrons. The number of aromatic amines is 1. The SMILES string of the molecule is CC(C)C1=NC=C(c2cc3c4c(c2)OCc2cc(-c5cnc(C(C)C)[nH]5)cc(c2-4)CO3)C1. The number of allylic oxidation sites excluding steroid dienone is 1. The molecule has 3 aromatic rings. The first kappa shape index (κ1) is 19.4.